The van der Waals surface area contributed by atoms with Crippen LogP contribution < -0.4 is 4.72 Å². The lowest BCUT2D eigenvalue weighted by Gasteiger charge is -2.58. The standard InChI is InChI=1S/C32H54N2O4S/c1-22(6-11-29(36)34-18-16-30(2,17-19-34)21-33-39(5,37)38)26-9-10-27-25-8-7-23-20-24(35)12-14-31(23,3)28(25)13-15-32(26,27)4/h7,22,24-28,33,35H,6,8-21H2,1-5H3/t22?,24-,25-,26+,27-,28-,31-,32+/m0/s1. The Balaban J connectivity index is 1.15. The van der Waals surface area contributed by atoms with Gasteiger partial charge in [-0.15, -0.1) is 0 Å². The number of nitrogens with zero attached hydrogens (tertiary/aromatic N) is 1. The summed E-state index contributed by atoms with van der Waals surface area (Å²) in [4.78, 5) is 15.2. The highest BCUT2D eigenvalue weighted by atomic mass is 32.2. The second-order valence-electron chi connectivity index (χ2n) is 15.2. The van der Waals surface area contributed by atoms with Crippen molar-refractivity contribution in [1.82, 2.24) is 9.62 Å². The molecule has 1 saturated heterocycles. The fourth-order valence-corrected chi connectivity index (χ4v) is 10.7. The Morgan fingerprint density at radius 2 is 1.79 bits per heavy atom. The van der Waals surface area contributed by atoms with E-state index in [0.29, 0.717) is 35.6 Å². The maximum atomic E-state index is 13.2. The van der Waals surface area contributed by atoms with Gasteiger partial charge in [0.25, 0.3) is 0 Å². The van der Waals surface area contributed by atoms with Gasteiger partial charge in [0.05, 0.1) is 12.4 Å². The van der Waals surface area contributed by atoms with Gasteiger partial charge in [0.2, 0.25) is 15.9 Å². The highest BCUT2D eigenvalue weighted by Gasteiger charge is 2.59. The van der Waals surface area contributed by atoms with E-state index in [4.69, 9.17) is 0 Å². The highest BCUT2D eigenvalue weighted by molar-refractivity contribution is 7.88. The van der Waals surface area contributed by atoms with Gasteiger partial charge in [0.15, 0.2) is 0 Å². The molecule has 0 aromatic rings. The molecular formula is C32H54N2O4S. The summed E-state index contributed by atoms with van der Waals surface area (Å²) < 4.78 is 25.7. The van der Waals surface area contributed by atoms with Crippen LogP contribution in [0.3, 0.4) is 0 Å². The molecule has 4 aliphatic carbocycles. The van der Waals surface area contributed by atoms with Gasteiger partial charge >= 0.3 is 0 Å². The zero-order chi connectivity index (χ0) is 28.2. The van der Waals surface area contributed by atoms with Crippen LogP contribution in [0.4, 0.5) is 0 Å². The van der Waals surface area contributed by atoms with E-state index >= 15 is 0 Å². The Labute approximate surface area is 237 Å². The SMILES string of the molecule is CC(CCC(=O)N1CCC(C)(CNS(C)(=O)=O)CC1)[C@H]1CC[C@H]2[C@@H]3CC=C4C[C@@H](O)CC[C@]4(C)[C@H]3CC[C@]12C. The third-order valence-corrected chi connectivity index (χ3v) is 13.4. The quantitative estimate of drug-likeness (QED) is 0.400. The molecule has 1 aliphatic heterocycles. The van der Waals surface area contributed by atoms with Crippen molar-refractivity contribution < 1.29 is 18.3 Å². The molecule has 4 fully saturated rings. The lowest BCUT2D eigenvalue weighted by Crippen LogP contribution is -2.50. The van der Waals surface area contributed by atoms with Crippen LogP contribution in [0.1, 0.15) is 105 Å². The Kier molecular flexibility index (Phi) is 8.13. The van der Waals surface area contributed by atoms with Crippen molar-refractivity contribution in [2.75, 3.05) is 25.9 Å². The van der Waals surface area contributed by atoms with Crippen LogP contribution in [0.2, 0.25) is 0 Å². The van der Waals surface area contributed by atoms with Crippen LogP contribution >= 0.6 is 0 Å². The summed E-state index contributed by atoms with van der Waals surface area (Å²) in [7, 11) is -3.19. The van der Waals surface area contributed by atoms with Crippen LogP contribution in [-0.4, -0.2) is 56.3 Å². The number of amides is 1. The van der Waals surface area contributed by atoms with Crippen LogP contribution in [0, 0.1) is 45.8 Å². The molecule has 39 heavy (non-hydrogen) atoms. The van der Waals surface area contributed by atoms with Gasteiger partial charge in [-0.25, -0.2) is 13.1 Å². The lowest BCUT2D eigenvalue weighted by atomic mass is 9.47. The number of aliphatic hydroxyl groups is 1. The zero-order valence-electron chi connectivity index (χ0n) is 25.2. The minimum Gasteiger partial charge on any atom is -0.393 e. The summed E-state index contributed by atoms with van der Waals surface area (Å²) in [6.45, 7) is 11.5. The third kappa shape index (κ3) is 5.75. The van der Waals surface area contributed by atoms with E-state index in [1.807, 2.05) is 4.90 Å². The number of carbonyl (C=O) groups excluding carboxylic acids is 1. The Morgan fingerprint density at radius 1 is 1.08 bits per heavy atom. The number of nitrogens with one attached hydrogen (secondary N) is 1. The lowest BCUT2D eigenvalue weighted by molar-refractivity contribution is -0.133. The molecule has 6 nitrogen and oxygen atoms in total. The van der Waals surface area contributed by atoms with Crippen LogP contribution in [-0.2, 0) is 14.8 Å². The van der Waals surface area contributed by atoms with E-state index in [1.165, 1.54) is 38.4 Å². The van der Waals surface area contributed by atoms with Gasteiger partial charge in [-0.05, 0) is 116 Å². The van der Waals surface area contributed by atoms with Crippen molar-refractivity contribution >= 4 is 15.9 Å². The summed E-state index contributed by atoms with van der Waals surface area (Å²) >= 11 is 0. The van der Waals surface area contributed by atoms with Gasteiger partial charge < -0.3 is 10.0 Å². The number of piperidine rings is 1. The van der Waals surface area contributed by atoms with Gasteiger partial charge in [-0.2, -0.15) is 0 Å². The number of fused-ring (bicyclic) bond motifs is 5. The monoisotopic (exact) mass is 562 g/mol. The van der Waals surface area contributed by atoms with E-state index in [1.54, 1.807) is 5.57 Å². The molecular weight excluding hydrogens is 508 g/mol. The average Bonchev–Trinajstić information content (AvgIpc) is 3.24. The van der Waals surface area contributed by atoms with Crippen molar-refractivity contribution in [2.45, 2.75) is 111 Å². The van der Waals surface area contributed by atoms with Crippen LogP contribution in [0.5, 0.6) is 0 Å². The van der Waals surface area contributed by atoms with E-state index < -0.39 is 10.0 Å². The highest BCUT2D eigenvalue weighted by Crippen LogP contribution is 2.67. The number of sulfonamides is 1. The maximum Gasteiger partial charge on any atom is 0.222 e. The number of allylic oxidation sites excluding steroid dienone is 1. The molecule has 3 saturated carbocycles. The number of hydrogen-bond acceptors (Lipinski definition) is 4. The Morgan fingerprint density at radius 3 is 2.49 bits per heavy atom. The molecule has 8 atom stereocenters. The molecule has 222 valence electrons. The molecule has 0 aromatic carbocycles. The molecule has 0 radical (unpaired) electrons. The van der Waals surface area contributed by atoms with E-state index in [2.05, 4.69) is 38.5 Å². The van der Waals surface area contributed by atoms with E-state index in [0.717, 1.165) is 69.4 Å². The Hall–Kier alpha value is -0.920. The second kappa shape index (κ2) is 10.7. The average molecular weight is 563 g/mol. The molecule has 5 rings (SSSR count). The summed E-state index contributed by atoms with van der Waals surface area (Å²) in [6, 6.07) is 0. The van der Waals surface area contributed by atoms with Crippen LogP contribution in [0.25, 0.3) is 0 Å². The van der Waals surface area contributed by atoms with Crippen molar-refractivity contribution in [2.24, 2.45) is 45.8 Å². The normalized spacial score (nSPS) is 40.7. The number of likely N-dealkylation sites (tertiary alicyclic amines) is 1. The predicted molar refractivity (Wildman–Crippen MR) is 156 cm³/mol. The molecule has 1 amide bonds. The smallest absolute Gasteiger partial charge is 0.222 e. The fourth-order valence-electron chi connectivity index (χ4n) is 10.1. The minimum atomic E-state index is -3.19. The second-order valence-corrected chi connectivity index (χ2v) is 17.0. The van der Waals surface area contributed by atoms with Crippen LogP contribution in [0.15, 0.2) is 11.6 Å². The first-order valence-electron chi connectivity index (χ1n) is 15.8. The van der Waals surface area contributed by atoms with Gasteiger partial charge in [-0.1, -0.05) is 39.3 Å². The van der Waals surface area contributed by atoms with Crippen molar-refractivity contribution in [3.8, 4) is 0 Å². The molecule has 0 bridgehead atoms. The molecule has 2 N–H and O–H groups in total. The van der Waals surface area contributed by atoms with E-state index in [-0.39, 0.29) is 17.4 Å². The van der Waals surface area contributed by atoms with Gasteiger partial charge in [-0.3, -0.25) is 4.79 Å². The zero-order valence-corrected chi connectivity index (χ0v) is 26.0. The molecule has 0 aromatic heterocycles. The number of aliphatic hydroxyl groups excluding tert-OH is 1. The molecule has 1 heterocycles. The summed E-state index contributed by atoms with van der Waals surface area (Å²) in [5, 5.41) is 10.3. The molecule has 1 unspecified atom stereocenters. The first-order valence-corrected chi connectivity index (χ1v) is 17.7. The number of rotatable bonds is 7. The van der Waals surface area contributed by atoms with Gasteiger partial charge in [0.1, 0.15) is 0 Å². The summed E-state index contributed by atoms with van der Waals surface area (Å²) in [5.41, 5.74) is 2.16. The van der Waals surface area contributed by atoms with E-state index in [9.17, 15) is 18.3 Å². The first kappa shape index (κ1) is 29.6. The van der Waals surface area contributed by atoms with Gasteiger partial charge in [0, 0.05) is 26.1 Å². The molecule has 0 spiro atoms. The summed E-state index contributed by atoms with van der Waals surface area (Å²) in [5.74, 6) is 3.89. The largest absolute Gasteiger partial charge is 0.393 e. The predicted octanol–water partition coefficient (Wildman–Crippen LogP) is 5.52. The van der Waals surface area contributed by atoms with Crippen molar-refractivity contribution in [3.63, 3.8) is 0 Å². The third-order valence-electron chi connectivity index (χ3n) is 12.7. The number of hydrogen-bond donors (Lipinski definition) is 2. The Bertz CT molecular complexity index is 1060. The minimum absolute atomic E-state index is 0.0803. The fraction of sp³-hybridized carbons (Fsp3) is 0.906. The van der Waals surface area contributed by atoms with Crippen molar-refractivity contribution in [3.05, 3.63) is 11.6 Å². The molecule has 7 heteroatoms. The summed E-state index contributed by atoms with van der Waals surface area (Å²) in [6.07, 6.45) is 16.4. The number of carbonyl (C=O) groups is 1. The molecule has 5 aliphatic rings. The van der Waals surface area contributed by atoms with Crippen molar-refractivity contribution in [1.29, 1.82) is 0 Å². The topological polar surface area (TPSA) is 86.7 Å². The maximum absolute atomic E-state index is 13.2. The first-order chi connectivity index (χ1) is 18.2.